The zero-order chi connectivity index (χ0) is 42.1. The molecule has 0 aromatic rings. The van der Waals surface area contributed by atoms with Gasteiger partial charge in [0.15, 0.2) is 6.10 Å². The fourth-order valence-corrected chi connectivity index (χ4v) is 8.38. The summed E-state index contributed by atoms with van der Waals surface area (Å²) in [5, 5.41) is 9.62. The summed E-state index contributed by atoms with van der Waals surface area (Å²) in [5.74, 6) is -0.567. The summed E-state index contributed by atoms with van der Waals surface area (Å²) in [6.45, 7) is 4.19. The van der Waals surface area contributed by atoms with Gasteiger partial charge in [-0.25, -0.2) is 0 Å². The van der Waals surface area contributed by atoms with Crippen LogP contribution in [0.2, 0.25) is 0 Å². The standard InChI is InChI=1S/C53H104O5/c1-3-5-7-9-11-13-15-17-19-20-21-22-23-24-25-26-27-28-29-30-31-32-34-36-38-40-42-44-46-48-53(56)58-51(49-54)50-57-52(55)47-45-43-41-39-37-35-33-18-16-14-12-10-8-6-4-2/h51,54H,3-50H2,1-2H3. The monoisotopic (exact) mass is 821 g/mol. The van der Waals surface area contributed by atoms with Crippen molar-refractivity contribution in [3.8, 4) is 0 Å². The van der Waals surface area contributed by atoms with Crippen molar-refractivity contribution in [3.05, 3.63) is 0 Å². The van der Waals surface area contributed by atoms with Crippen molar-refractivity contribution in [2.45, 2.75) is 315 Å². The van der Waals surface area contributed by atoms with Crippen molar-refractivity contribution in [1.29, 1.82) is 0 Å². The predicted molar refractivity (Wildman–Crippen MR) is 252 cm³/mol. The largest absolute Gasteiger partial charge is 0.462 e. The molecule has 0 saturated carbocycles. The van der Waals surface area contributed by atoms with E-state index in [1.807, 2.05) is 0 Å². The summed E-state index contributed by atoms with van der Waals surface area (Å²) in [7, 11) is 0. The van der Waals surface area contributed by atoms with Crippen LogP contribution in [0.4, 0.5) is 0 Å². The molecule has 1 unspecified atom stereocenters. The Hall–Kier alpha value is -1.10. The Balaban J connectivity index is 3.38. The van der Waals surface area contributed by atoms with E-state index in [9.17, 15) is 14.7 Å². The van der Waals surface area contributed by atoms with Gasteiger partial charge in [0.1, 0.15) is 6.61 Å². The van der Waals surface area contributed by atoms with Crippen molar-refractivity contribution >= 4 is 11.9 Å². The molecule has 0 aliphatic heterocycles. The highest BCUT2D eigenvalue weighted by molar-refractivity contribution is 5.70. The Morgan fingerprint density at radius 1 is 0.328 bits per heavy atom. The molecular weight excluding hydrogens is 717 g/mol. The molecule has 5 nitrogen and oxygen atoms in total. The van der Waals surface area contributed by atoms with Crippen molar-refractivity contribution in [2.75, 3.05) is 13.2 Å². The van der Waals surface area contributed by atoms with Crippen LogP contribution in [0.3, 0.4) is 0 Å². The zero-order valence-corrected chi connectivity index (χ0v) is 39.6. The molecule has 0 heterocycles. The van der Waals surface area contributed by atoms with Crippen molar-refractivity contribution in [2.24, 2.45) is 0 Å². The molecule has 346 valence electrons. The quantitative estimate of drug-likeness (QED) is 0.0489. The summed E-state index contributed by atoms with van der Waals surface area (Å²) in [6.07, 6.45) is 59.3. The number of ether oxygens (including phenoxy) is 2. The number of carbonyl (C=O) groups excluding carboxylic acids is 2. The van der Waals surface area contributed by atoms with Crippen molar-refractivity contribution in [1.82, 2.24) is 0 Å². The van der Waals surface area contributed by atoms with Crippen LogP contribution < -0.4 is 0 Å². The molecule has 1 N–H and O–H groups in total. The number of aliphatic hydroxyl groups excluding tert-OH is 1. The lowest BCUT2D eigenvalue weighted by molar-refractivity contribution is -0.161. The lowest BCUT2D eigenvalue weighted by Gasteiger charge is -2.15. The van der Waals surface area contributed by atoms with Gasteiger partial charge in [-0.15, -0.1) is 0 Å². The minimum absolute atomic E-state index is 0.0561. The molecule has 0 aliphatic rings. The van der Waals surface area contributed by atoms with Crippen LogP contribution >= 0.6 is 0 Å². The van der Waals surface area contributed by atoms with Gasteiger partial charge >= 0.3 is 11.9 Å². The van der Waals surface area contributed by atoms with Gasteiger partial charge in [0.25, 0.3) is 0 Å². The number of hydrogen-bond donors (Lipinski definition) is 1. The maximum atomic E-state index is 12.3. The number of aliphatic hydroxyl groups is 1. The van der Waals surface area contributed by atoms with Gasteiger partial charge in [-0.2, -0.15) is 0 Å². The summed E-state index contributed by atoms with van der Waals surface area (Å²) in [6, 6.07) is 0. The van der Waals surface area contributed by atoms with Gasteiger partial charge in [0.2, 0.25) is 0 Å². The number of esters is 2. The average molecular weight is 821 g/mol. The predicted octanol–water partition coefficient (Wildman–Crippen LogP) is 17.4. The molecule has 0 aliphatic carbocycles. The highest BCUT2D eigenvalue weighted by Crippen LogP contribution is 2.18. The van der Waals surface area contributed by atoms with E-state index in [-0.39, 0.29) is 25.2 Å². The van der Waals surface area contributed by atoms with E-state index in [0.717, 1.165) is 32.1 Å². The second kappa shape index (κ2) is 50.3. The first-order valence-electron chi connectivity index (χ1n) is 26.6. The van der Waals surface area contributed by atoms with Crippen LogP contribution in [0.25, 0.3) is 0 Å². The van der Waals surface area contributed by atoms with Gasteiger partial charge in [0, 0.05) is 12.8 Å². The summed E-state index contributed by atoms with van der Waals surface area (Å²) in [4.78, 5) is 24.4. The lowest BCUT2D eigenvalue weighted by atomic mass is 10.0. The van der Waals surface area contributed by atoms with E-state index >= 15 is 0 Å². The van der Waals surface area contributed by atoms with E-state index in [2.05, 4.69) is 13.8 Å². The second-order valence-corrected chi connectivity index (χ2v) is 18.3. The number of unbranched alkanes of at least 4 members (excludes halogenated alkanes) is 42. The van der Waals surface area contributed by atoms with Crippen molar-refractivity contribution < 1.29 is 24.2 Å². The van der Waals surface area contributed by atoms with Gasteiger partial charge < -0.3 is 14.6 Å². The molecule has 1 atom stereocenters. The van der Waals surface area contributed by atoms with Gasteiger partial charge in [-0.1, -0.05) is 284 Å². The fraction of sp³-hybridized carbons (Fsp3) is 0.962. The molecule has 0 bridgehead atoms. The molecule has 0 spiro atoms. The van der Waals surface area contributed by atoms with Crippen LogP contribution in [0.15, 0.2) is 0 Å². The highest BCUT2D eigenvalue weighted by atomic mass is 16.6. The number of hydrogen-bond acceptors (Lipinski definition) is 5. The van der Waals surface area contributed by atoms with Crippen LogP contribution in [-0.2, 0) is 19.1 Å². The minimum Gasteiger partial charge on any atom is -0.462 e. The Morgan fingerprint density at radius 2 is 0.534 bits per heavy atom. The molecule has 58 heavy (non-hydrogen) atoms. The third-order valence-electron chi connectivity index (χ3n) is 12.4. The van der Waals surface area contributed by atoms with Gasteiger partial charge in [-0.05, 0) is 12.8 Å². The smallest absolute Gasteiger partial charge is 0.306 e. The topological polar surface area (TPSA) is 72.8 Å². The molecule has 0 saturated heterocycles. The number of rotatable bonds is 50. The van der Waals surface area contributed by atoms with Crippen LogP contribution in [0, 0.1) is 0 Å². The first-order chi connectivity index (χ1) is 28.6. The maximum Gasteiger partial charge on any atom is 0.306 e. The molecule has 0 amide bonds. The Labute approximate surface area is 363 Å². The van der Waals surface area contributed by atoms with Crippen LogP contribution in [0.1, 0.15) is 309 Å². The normalized spacial score (nSPS) is 12.0. The molecule has 0 radical (unpaired) electrons. The third kappa shape index (κ3) is 47.6. The Kier molecular flexibility index (Phi) is 49.3. The van der Waals surface area contributed by atoms with E-state index < -0.39 is 6.10 Å². The molecular formula is C53H104O5. The first-order valence-corrected chi connectivity index (χ1v) is 26.6. The third-order valence-corrected chi connectivity index (χ3v) is 12.4. The minimum atomic E-state index is -0.763. The highest BCUT2D eigenvalue weighted by Gasteiger charge is 2.16. The van der Waals surface area contributed by atoms with E-state index in [1.165, 1.54) is 250 Å². The van der Waals surface area contributed by atoms with Crippen LogP contribution in [-0.4, -0.2) is 36.4 Å². The molecule has 0 fully saturated rings. The van der Waals surface area contributed by atoms with E-state index in [0.29, 0.717) is 12.8 Å². The first kappa shape index (κ1) is 56.9. The molecule has 0 rings (SSSR count). The molecule has 5 heteroatoms. The molecule has 0 aromatic heterocycles. The van der Waals surface area contributed by atoms with Crippen molar-refractivity contribution in [3.63, 3.8) is 0 Å². The number of carbonyl (C=O) groups is 2. The Bertz CT molecular complexity index is 799. The SMILES string of the molecule is CCCCCCCCCCCCCCCCCCCCCCCCCCCCCCCC(=O)OC(CO)COC(=O)CCCCCCCCCCCCCCCCC. The average Bonchev–Trinajstić information content (AvgIpc) is 3.23. The van der Waals surface area contributed by atoms with Gasteiger partial charge in [-0.3, -0.25) is 9.59 Å². The summed E-state index contributed by atoms with van der Waals surface area (Å²) >= 11 is 0. The molecule has 0 aromatic carbocycles. The second-order valence-electron chi connectivity index (χ2n) is 18.3. The van der Waals surface area contributed by atoms with E-state index in [1.54, 1.807) is 0 Å². The fourth-order valence-electron chi connectivity index (χ4n) is 8.38. The Morgan fingerprint density at radius 3 is 0.759 bits per heavy atom. The zero-order valence-electron chi connectivity index (χ0n) is 39.6. The van der Waals surface area contributed by atoms with E-state index in [4.69, 9.17) is 9.47 Å². The summed E-state index contributed by atoms with van der Waals surface area (Å²) in [5.41, 5.74) is 0. The van der Waals surface area contributed by atoms with Gasteiger partial charge in [0.05, 0.1) is 6.61 Å². The van der Waals surface area contributed by atoms with Crippen LogP contribution in [0.5, 0.6) is 0 Å². The lowest BCUT2D eigenvalue weighted by Crippen LogP contribution is -2.28. The maximum absolute atomic E-state index is 12.3. The summed E-state index contributed by atoms with van der Waals surface area (Å²) < 4.78 is 10.7.